The summed E-state index contributed by atoms with van der Waals surface area (Å²) in [6.07, 6.45) is 1.23. The van der Waals surface area contributed by atoms with Crippen LogP contribution in [0.25, 0.3) is 0 Å². The maximum Gasteiger partial charge on any atom is 0.239 e. The van der Waals surface area contributed by atoms with Gasteiger partial charge in [0.2, 0.25) is 17.8 Å². The van der Waals surface area contributed by atoms with Crippen molar-refractivity contribution in [1.29, 1.82) is 0 Å². The van der Waals surface area contributed by atoms with E-state index in [2.05, 4.69) is 10.3 Å². The Morgan fingerprint density at radius 2 is 2.06 bits per heavy atom. The second-order valence-electron chi connectivity index (χ2n) is 3.85. The molecule has 2 rings (SSSR count). The molecule has 1 fully saturated rings. The molecule has 1 aromatic rings. The number of hydrogen-bond acceptors (Lipinski definition) is 3. The molecule has 6 heteroatoms. The normalized spacial score (nSPS) is 16.8. The summed E-state index contributed by atoms with van der Waals surface area (Å²) in [7, 11) is 0. The molecule has 0 radical (unpaired) electrons. The van der Waals surface area contributed by atoms with E-state index in [1.165, 1.54) is 0 Å². The van der Waals surface area contributed by atoms with Gasteiger partial charge in [-0.15, -0.1) is 0 Å². The quantitative estimate of drug-likeness (QED) is 0.803. The van der Waals surface area contributed by atoms with Gasteiger partial charge in [-0.1, -0.05) is 0 Å². The molecule has 0 saturated carbocycles. The smallest absolute Gasteiger partial charge is 0.239 e. The van der Waals surface area contributed by atoms with Crippen molar-refractivity contribution in [3.63, 3.8) is 0 Å². The van der Waals surface area contributed by atoms with Crippen LogP contribution in [-0.2, 0) is 9.53 Å². The fourth-order valence-corrected chi connectivity index (χ4v) is 1.70. The standard InChI is InChI=1S/C11H12F2N2O2/c12-9-2-1-8(10(13)15-9)14-11(16)7-3-5-17-6-4-7/h1-2,7H,3-6H2,(H,14,16). The Labute approximate surface area is 97.0 Å². The molecule has 1 aliphatic heterocycles. The molecular weight excluding hydrogens is 230 g/mol. The molecule has 1 saturated heterocycles. The van der Waals surface area contributed by atoms with Gasteiger partial charge < -0.3 is 10.1 Å². The molecule has 17 heavy (non-hydrogen) atoms. The summed E-state index contributed by atoms with van der Waals surface area (Å²) in [5, 5.41) is 2.41. The summed E-state index contributed by atoms with van der Waals surface area (Å²) in [6, 6.07) is 2.16. The number of carbonyl (C=O) groups excluding carboxylic acids is 1. The topological polar surface area (TPSA) is 51.2 Å². The summed E-state index contributed by atoms with van der Waals surface area (Å²) in [6.45, 7) is 1.06. The highest BCUT2D eigenvalue weighted by Crippen LogP contribution is 2.18. The zero-order chi connectivity index (χ0) is 12.3. The number of carbonyl (C=O) groups is 1. The first-order valence-corrected chi connectivity index (χ1v) is 5.37. The third-order valence-corrected chi connectivity index (χ3v) is 2.66. The van der Waals surface area contributed by atoms with Crippen LogP contribution in [0.1, 0.15) is 12.8 Å². The van der Waals surface area contributed by atoms with E-state index < -0.39 is 11.9 Å². The number of ether oxygens (including phenoxy) is 1. The van der Waals surface area contributed by atoms with Gasteiger partial charge in [0.25, 0.3) is 0 Å². The Morgan fingerprint density at radius 3 is 2.71 bits per heavy atom. The van der Waals surface area contributed by atoms with Crippen molar-refractivity contribution in [2.24, 2.45) is 5.92 Å². The monoisotopic (exact) mass is 242 g/mol. The fraction of sp³-hybridized carbons (Fsp3) is 0.455. The van der Waals surface area contributed by atoms with Gasteiger partial charge in [-0.2, -0.15) is 13.8 Å². The Bertz CT molecular complexity index is 420. The molecule has 0 aromatic carbocycles. The highest BCUT2D eigenvalue weighted by Gasteiger charge is 2.22. The molecule has 4 nitrogen and oxygen atoms in total. The predicted octanol–water partition coefficient (Wildman–Crippen LogP) is 1.72. The second-order valence-corrected chi connectivity index (χ2v) is 3.85. The lowest BCUT2D eigenvalue weighted by atomic mass is 9.99. The van der Waals surface area contributed by atoms with Crippen LogP contribution in [0, 0.1) is 17.8 Å². The van der Waals surface area contributed by atoms with E-state index in [-0.39, 0.29) is 17.5 Å². The van der Waals surface area contributed by atoms with Gasteiger partial charge in [0, 0.05) is 19.1 Å². The Balaban J connectivity index is 2.02. The average molecular weight is 242 g/mol. The first kappa shape index (κ1) is 11.9. The Hall–Kier alpha value is -1.56. The van der Waals surface area contributed by atoms with Crippen LogP contribution in [0.15, 0.2) is 12.1 Å². The summed E-state index contributed by atoms with van der Waals surface area (Å²) < 4.78 is 30.9. The van der Waals surface area contributed by atoms with Crippen LogP contribution < -0.4 is 5.32 Å². The number of aromatic nitrogens is 1. The van der Waals surface area contributed by atoms with Gasteiger partial charge in [-0.25, -0.2) is 0 Å². The zero-order valence-corrected chi connectivity index (χ0v) is 9.08. The number of pyridine rings is 1. The molecule has 92 valence electrons. The van der Waals surface area contributed by atoms with Crippen LogP contribution >= 0.6 is 0 Å². The van der Waals surface area contributed by atoms with Crippen LogP contribution in [0.5, 0.6) is 0 Å². The average Bonchev–Trinajstić information content (AvgIpc) is 2.34. The number of hydrogen-bond donors (Lipinski definition) is 1. The van der Waals surface area contributed by atoms with Gasteiger partial charge >= 0.3 is 0 Å². The first-order chi connectivity index (χ1) is 8.16. The van der Waals surface area contributed by atoms with Crippen molar-refractivity contribution in [2.45, 2.75) is 12.8 Å². The molecule has 1 N–H and O–H groups in total. The minimum absolute atomic E-state index is 0.0945. The van der Waals surface area contributed by atoms with E-state index >= 15 is 0 Å². The first-order valence-electron chi connectivity index (χ1n) is 5.37. The Kier molecular flexibility index (Phi) is 3.63. The van der Waals surface area contributed by atoms with E-state index in [1.807, 2.05) is 0 Å². The van der Waals surface area contributed by atoms with Crippen molar-refractivity contribution in [3.05, 3.63) is 24.0 Å². The molecular formula is C11H12F2N2O2. The lowest BCUT2D eigenvalue weighted by Crippen LogP contribution is -2.29. The fourth-order valence-electron chi connectivity index (χ4n) is 1.70. The number of amides is 1. The van der Waals surface area contributed by atoms with E-state index in [0.717, 1.165) is 12.1 Å². The minimum atomic E-state index is -1.01. The van der Waals surface area contributed by atoms with Gasteiger partial charge in [0.15, 0.2) is 0 Å². The molecule has 1 aliphatic rings. The molecule has 0 unspecified atom stereocenters. The predicted molar refractivity (Wildman–Crippen MR) is 56.3 cm³/mol. The lowest BCUT2D eigenvalue weighted by molar-refractivity contribution is -0.122. The van der Waals surface area contributed by atoms with Gasteiger partial charge in [-0.3, -0.25) is 4.79 Å². The largest absolute Gasteiger partial charge is 0.381 e. The van der Waals surface area contributed by atoms with E-state index in [1.54, 1.807) is 0 Å². The highest BCUT2D eigenvalue weighted by molar-refractivity contribution is 5.92. The molecule has 1 amide bonds. The number of rotatable bonds is 2. The number of halogens is 2. The van der Waals surface area contributed by atoms with Gasteiger partial charge in [-0.05, 0) is 25.0 Å². The van der Waals surface area contributed by atoms with Crippen molar-refractivity contribution in [1.82, 2.24) is 4.98 Å². The lowest BCUT2D eigenvalue weighted by Gasteiger charge is -2.21. The zero-order valence-electron chi connectivity index (χ0n) is 9.08. The van der Waals surface area contributed by atoms with Crippen LogP contribution in [0.3, 0.4) is 0 Å². The van der Waals surface area contributed by atoms with E-state index in [0.29, 0.717) is 26.1 Å². The van der Waals surface area contributed by atoms with Crippen molar-refractivity contribution in [2.75, 3.05) is 18.5 Å². The number of anilines is 1. The molecule has 0 bridgehead atoms. The van der Waals surface area contributed by atoms with E-state index in [9.17, 15) is 13.6 Å². The maximum absolute atomic E-state index is 13.2. The minimum Gasteiger partial charge on any atom is -0.381 e. The molecule has 2 heterocycles. The van der Waals surface area contributed by atoms with Gasteiger partial charge in [0.05, 0.1) is 5.69 Å². The summed E-state index contributed by atoms with van der Waals surface area (Å²) >= 11 is 0. The SMILES string of the molecule is O=C(Nc1ccc(F)nc1F)C1CCOCC1. The van der Waals surface area contributed by atoms with Crippen molar-refractivity contribution < 1.29 is 18.3 Å². The third-order valence-electron chi connectivity index (χ3n) is 2.66. The van der Waals surface area contributed by atoms with Crippen molar-refractivity contribution >= 4 is 11.6 Å². The summed E-state index contributed by atoms with van der Waals surface area (Å²) in [5.41, 5.74) is -0.0945. The number of nitrogens with one attached hydrogen (secondary N) is 1. The molecule has 0 atom stereocenters. The van der Waals surface area contributed by atoms with E-state index in [4.69, 9.17) is 4.74 Å². The highest BCUT2D eigenvalue weighted by atomic mass is 19.1. The van der Waals surface area contributed by atoms with Crippen LogP contribution in [0.2, 0.25) is 0 Å². The van der Waals surface area contributed by atoms with Crippen molar-refractivity contribution in [3.8, 4) is 0 Å². The molecule has 0 aliphatic carbocycles. The molecule has 0 spiro atoms. The maximum atomic E-state index is 13.2. The summed E-state index contributed by atoms with van der Waals surface area (Å²) in [5.74, 6) is -2.38. The Morgan fingerprint density at radius 1 is 1.35 bits per heavy atom. The second kappa shape index (κ2) is 5.18. The third kappa shape index (κ3) is 2.97. The molecule has 1 aromatic heterocycles. The number of nitrogens with zero attached hydrogens (tertiary/aromatic N) is 1. The van der Waals surface area contributed by atoms with Crippen LogP contribution in [0.4, 0.5) is 14.5 Å². The van der Waals surface area contributed by atoms with Gasteiger partial charge in [0.1, 0.15) is 0 Å². The summed E-state index contributed by atoms with van der Waals surface area (Å²) in [4.78, 5) is 14.7. The van der Waals surface area contributed by atoms with Crippen LogP contribution in [-0.4, -0.2) is 24.1 Å².